The highest BCUT2D eigenvalue weighted by molar-refractivity contribution is 9.10. The van der Waals surface area contributed by atoms with Crippen LogP contribution in [0, 0.1) is 0 Å². The van der Waals surface area contributed by atoms with E-state index in [1.807, 2.05) is 49.5 Å². The Morgan fingerprint density at radius 3 is 2.50 bits per heavy atom. The van der Waals surface area contributed by atoms with Crippen LogP contribution >= 0.6 is 15.9 Å². The molecule has 0 spiro atoms. The van der Waals surface area contributed by atoms with Gasteiger partial charge in [-0.3, -0.25) is 0 Å². The highest BCUT2D eigenvalue weighted by atomic mass is 79.9. The first-order valence-electron chi connectivity index (χ1n) is 6.43. The largest absolute Gasteiger partial charge is 0.493 e. The molecule has 0 saturated heterocycles. The van der Waals surface area contributed by atoms with Crippen molar-refractivity contribution in [2.24, 2.45) is 0 Å². The van der Waals surface area contributed by atoms with E-state index < -0.39 is 0 Å². The summed E-state index contributed by atoms with van der Waals surface area (Å²) in [6.07, 6.45) is 0. The summed E-state index contributed by atoms with van der Waals surface area (Å²) in [6.45, 7) is 1.23. The van der Waals surface area contributed by atoms with E-state index >= 15 is 0 Å². The van der Waals surface area contributed by atoms with Crippen molar-refractivity contribution in [1.29, 1.82) is 0 Å². The number of benzene rings is 2. The second-order valence-corrected chi connectivity index (χ2v) is 5.22. The molecule has 0 atom stereocenters. The summed E-state index contributed by atoms with van der Waals surface area (Å²) in [4.78, 5) is 0. The molecular weight excluding hydrogens is 318 g/mol. The number of hydrogen-bond acceptors (Lipinski definition) is 3. The average molecular weight is 336 g/mol. The fourth-order valence-electron chi connectivity index (χ4n) is 1.97. The van der Waals surface area contributed by atoms with Crippen LogP contribution in [0.4, 0.5) is 0 Å². The summed E-state index contributed by atoms with van der Waals surface area (Å²) in [5, 5.41) is 3.15. The minimum atomic E-state index is 0.518. The van der Waals surface area contributed by atoms with Crippen molar-refractivity contribution in [1.82, 2.24) is 5.32 Å². The first-order chi connectivity index (χ1) is 9.76. The topological polar surface area (TPSA) is 30.5 Å². The highest BCUT2D eigenvalue weighted by Crippen LogP contribution is 2.36. The molecule has 0 bridgehead atoms. The molecular formula is C16H18BrNO2. The molecule has 0 aliphatic carbocycles. The molecule has 0 heterocycles. The van der Waals surface area contributed by atoms with E-state index in [9.17, 15) is 0 Å². The van der Waals surface area contributed by atoms with Crippen LogP contribution in [0.3, 0.4) is 0 Å². The van der Waals surface area contributed by atoms with Gasteiger partial charge in [-0.25, -0.2) is 0 Å². The van der Waals surface area contributed by atoms with Gasteiger partial charge in [0.05, 0.1) is 7.11 Å². The second-order valence-electron chi connectivity index (χ2n) is 4.36. The van der Waals surface area contributed by atoms with E-state index in [2.05, 4.69) is 21.2 Å². The number of nitrogens with one attached hydrogen (secondary N) is 1. The Morgan fingerprint density at radius 2 is 1.85 bits per heavy atom. The van der Waals surface area contributed by atoms with E-state index in [1.165, 1.54) is 0 Å². The van der Waals surface area contributed by atoms with Gasteiger partial charge < -0.3 is 14.8 Å². The zero-order chi connectivity index (χ0) is 14.4. The summed E-state index contributed by atoms with van der Waals surface area (Å²) in [5.74, 6) is 1.52. The molecule has 0 amide bonds. The molecule has 4 heteroatoms. The lowest BCUT2D eigenvalue weighted by Crippen LogP contribution is -2.09. The van der Waals surface area contributed by atoms with Crippen LogP contribution in [0.15, 0.2) is 46.9 Å². The minimum Gasteiger partial charge on any atom is -0.493 e. The molecule has 0 fully saturated rings. The van der Waals surface area contributed by atoms with Crippen molar-refractivity contribution < 1.29 is 9.47 Å². The van der Waals surface area contributed by atoms with Crippen molar-refractivity contribution in [3.8, 4) is 11.5 Å². The lowest BCUT2D eigenvalue weighted by atomic mass is 10.1. The molecule has 0 aromatic heterocycles. The Balaban J connectivity index is 2.26. The van der Waals surface area contributed by atoms with Gasteiger partial charge in [-0.1, -0.05) is 46.3 Å². The van der Waals surface area contributed by atoms with Gasteiger partial charge in [0, 0.05) is 16.6 Å². The minimum absolute atomic E-state index is 0.518. The van der Waals surface area contributed by atoms with Crippen molar-refractivity contribution >= 4 is 15.9 Å². The standard InChI is InChI=1S/C16H18BrNO2/c1-18-10-13-14(17)8-9-15(19-2)16(13)20-11-12-6-4-3-5-7-12/h3-9,18H,10-11H2,1-2H3. The summed E-state index contributed by atoms with van der Waals surface area (Å²) in [5.41, 5.74) is 2.19. The first-order valence-corrected chi connectivity index (χ1v) is 7.22. The van der Waals surface area contributed by atoms with E-state index in [1.54, 1.807) is 7.11 Å². The molecule has 0 radical (unpaired) electrons. The normalized spacial score (nSPS) is 10.3. The number of halogens is 1. The van der Waals surface area contributed by atoms with Gasteiger partial charge in [0.2, 0.25) is 0 Å². The quantitative estimate of drug-likeness (QED) is 0.871. The van der Waals surface area contributed by atoms with Gasteiger partial charge in [-0.05, 0) is 24.7 Å². The van der Waals surface area contributed by atoms with Crippen LogP contribution in [0.25, 0.3) is 0 Å². The van der Waals surface area contributed by atoms with Gasteiger partial charge in [0.25, 0.3) is 0 Å². The molecule has 2 rings (SSSR count). The van der Waals surface area contributed by atoms with E-state index in [-0.39, 0.29) is 0 Å². The summed E-state index contributed by atoms with van der Waals surface area (Å²) < 4.78 is 12.4. The Kier molecular flexibility index (Phi) is 5.44. The van der Waals surface area contributed by atoms with Crippen LogP contribution in [0.1, 0.15) is 11.1 Å². The molecule has 0 aliphatic heterocycles. The average Bonchev–Trinajstić information content (AvgIpc) is 2.49. The lowest BCUT2D eigenvalue weighted by molar-refractivity contribution is 0.280. The molecule has 2 aromatic rings. The van der Waals surface area contributed by atoms with Gasteiger partial charge in [0.15, 0.2) is 11.5 Å². The maximum absolute atomic E-state index is 5.98. The zero-order valence-corrected chi connectivity index (χ0v) is 13.2. The molecule has 0 unspecified atom stereocenters. The molecule has 3 nitrogen and oxygen atoms in total. The third-order valence-electron chi connectivity index (χ3n) is 2.97. The Bertz CT molecular complexity index is 558. The number of hydrogen-bond donors (Lipinski definition) is 1. The predicted octanol–water partition coefficient (Wildman–Crippen LogP) is 3.76. The maximum Gasteiger partial charge on any atom is 0.167 e. The van der Waals surface area contributed by atoms with E-state index in [4.69, 9.17) is 9.47 Å². The van der Waals surface area contributed by atoms with Gasteiger partial charge >= 0.3 is 0 Å². The fraction of sp³-hybridized carbons (Fsp3) is 0.250. The van der Waals surface area contributed by atoms with E-state index in [0.29, 0.717) is 13.2 Å². The van der Waals surface area contributed by atoms with Crippen molar-refractivity contribution in [2.45, 2.75) is 13.2 Å². The lowest BCUT2D eigenvalue weighted by Gasteiger charge is -2.16. The van der Waals surface area contributed by atoms with E-state index in [0.717, 1.165) is 27.1 Å². The van der Waals surface area contributed by atoms with Crippen LogP contribution < -0.4 is 14.8 Å². The molecule has 2 aromatic carbocycles. The molecule has 0 saturated carbocycles. The Labute approximate surface area is 128 Å². The first kappa shape index (κ1) is 14.9. The SMILES string of the molecule is CNCc1c(Br)ccc(OC)c1OCc1ccccc1. The molecule has 20 heavy (non-hydrogen) atoms. The summed E-state index contributed by atoms with van der Waals surface area (Å²) >= 11 is 3.56. The summed E-state index contributed by atoms with van der Waals surface area (Å²) in [7, 11) is 3.56. The molecule has 0 aliphatic rings. The molecule has 1 N–H and O–H groups in total. The fourth-order valence-corrected chi connectivity index (χ4v) is 2.42. The van der Waals surface area contributed by atoms with Gasteiger partial charge in [-0.15, -0.1) is 0 Å². The highest BCUT2D eigenvalue weighted by Gasteiger charge is 2.14. The van der Waals surface area contributed by atoms with Crippen LogP contribution in [0.5, 0.6) is 11.5 Å². The molecule has 106 valence electrons. The maximum atomic E-state index is 5.98. The Morgan fingerprint density at radius 1 is 1.10 bits per heavy atom. The number of ether oxygens (including phenoxy) is 2. The zero-order valence-electron chi connectivity index (χ0n) is 11.7. The number of methoxy groups -OCH3 is 1. The van der Waals surface area contributed by atoms with Crippen molar-refractivity contribution in [3.05, 3.63) is 58.1 Å². The smallest absolute Gasteiger partial charge is 0.167 e. The third kappa shape index (κ3) is 3.52. The summed E-state index contributed by atoms with van der Waals surface area (Å²) in [6, 6.07) is 14.0. The number of rotatable bonds is 6. The van der Waals surface area contributed by atoms with Gasteiger partial charge in [0.1, 0.15) is 6.61 Å². The van der Waals surface area contributed by atoms with Crippen molar-refractivity contribution in [3.63, 3.8) is 0 Å². The predicted molar refractivity (Wildman–Crippen MR) is 84.2 cm³/mol. The van der Waals surface area contributed by atoms with Crippen LogP contribution in [-0.2, 0) is 13.2 Å². The Hall–Kier alpha value is -1.52. The third-order valence-corrected chi connectivity index (χ3v) is 3.71. The second kappa shape index (κ2) is 7.31. The van der Waals surface area contributed by atoms with Crippen LogP contribution in [0.2, 0.25) is 0 Å². The monoisotopic (exact) mass is 335 g/mol. The van der Waals surface area contributed by atoms with Crippen LogP contribution in [-0.4, -0.2) is 14.2 Å². The van der Waals surface area contributed by atoms with Gasteiger partial charge in [-0.2, -0.15) is 0 Å². The van der Waals surface area contributed by atoms with Crippen molar-refractivity contribution in [2.75, 3.05) is 14.2 Å².